The first-order valence-corrected chi connectivity index (χ1v) is 9.80. The van der Waals surface area contributed by atoms with E-state index in [9.17, 15) is 14.4 Å². The van der Waals surface area contributed by atoms with E-state index in [0.29, 0.717) is 5.02 Å². The van der Waals surface area contributed by atoms with Crippen LogP contribution in [0.2, 0.25) is 20.1 Å². The number of carbonyl (C=O) groups excluding carboxylic acids is 3. The van der Waals surface area contributed by atoms with Gasteiger partial charge in [0.2, 0.25) is 5.91 Å². The van der Waals surface area contributed by atoms with Gasteiger partial charge in [-0.25, -0.2) is 0 Å². The van der Waals surface area contributed by atoms with Crippen molar-refractivity contribution in [2.45, 2.75) is 6.42 Å². The van der Waals surface area contributed by atoms with Crippen molar-refractivity contribution in [3.05, 3.63) is 68.6 Å². The summed E-state index contributed by atoms with van der Waals surface area (Å²) in [5.74, 6) is -1.47. The fourth-order valence-corrected chi connectivity index (χ4v) is 3.83. The number of hydrogen-bond donors (Lipinski definition) is 2. The molecule has 154 valence electrons. The first-order chi connectivity index (χ1) is 14.2. The van der Waals surface area contributed by atoms with Gasteiger partial charge in [-0.3, -0.25) is 14.4 Å². The van der Waals surface area contributed by atoms with Gasteiger partial charge >= 0.3 is 0 Å². The van der Waals surface area contributed by atoms with Gasteiger partial charge in [-0.1, -0.05) is 59.0 Å². The second-order valence-corrected chi connectivity index (χ2v) is 7.59. The minimum absolute atomic E-state index is 0.0239. The summed E-state index contributed by atoms with van der Waals surface area (Å²) in [5, 5.41) is 10.7. The van der Waals surface area contributed by atoms with Crippen molar-refractivity contribution in [2.75, 3.05) is 10.3 Å². The Bertz CT molecular complexity index is 1090. The predicted octanol–water partition coefficient (Wildman–Crippen LogP) is 4.90. The number of anilines is 2. The topological polar surface area (TPSA) is 90.9 Å². The Labute approximate surface area is 191 Å². The third-order valence-electron chi connectivity index (χ3n) is 3.91. The minimum atomic E-state index is -0.614. The van der Waals surface area contributed by atoms with E-state index in [1.165, 1.54) is 24.3 Å². The lowest BCUT2D eigenvalue weighted by molar-refractivity contribution is -0.117. The van der Waals surface area contributed by atoms with Gasteiger partial charge in [0.05, 0.1) is 32.7 Å². The van der Waals surface area contributed by atoms with Gasteiger partial charge in [0.1, 0.15) is 11.5 Å². The molecule has 3 rings (SSSR count). The van der Waals surface area contributed by atoms with E-state index in [0.717, 1.165) is 11.1 Å². The molecule has 0 bridgehead atoms. The first kappa shape index (κ1) is 22.1. The SMILES string of the molecule is C=CC(=O)Nc1cccc(C(=O)NC2=NN(c3c(Cl)cc(Cl)cc3Cl)C(=O)C2)c1Cl. The van der Waals surface area contributed by atoms with Crippen LogP contribution in [0.3, 0.4) is 0 Å². The summed E-state index contributed by atoms with van der Waals surface area (Å²) in [7, 11) is 0. The van der Waals surface area contributed by atoms with E-state index in [1.54, 1.807) is 6.07 Å². The summed E-state index contributed by atoms with van der Waals surface area (Å²) in [6, 6.07) is 7.38. The number of hydrazone groups is 1. The zero-order chi connectivity index (χ0) is 22.0. The standard InChI is InChI=1S/C19H12Cl4N4O3/c1-2-15(28)24-13-5-3-4-10(17(13)23)19(30)25-14-8-16(29)27(26-14)18-11(21)6-9(20)7-12(18)22/h2-7H,1,8H2,(H,24,28)(H,25,26,30). The predicted molar refractivity (Wildman–Crippen MR) is 119 cm³/mol. The molecule has 0 saturated heterocycles. The molecule has 2 aromatic carbocycles. The Hall–Kier alpha value is -2.58. The van der Waals surface area contributed by atoms with Crippen LogP contribution < -0.4 is 15.6 Å². The molecule has 0 aromatic heterocycles. The molecular weight excluding hydrogens is 474 g/mol. The molecule has 30 heavy (non-hydrogen) atoms. The van der Waals surface area contributed by atoms with Gasteiger partial charge in [0.15, 0.2) is 0 Å². The van der Waals surface area contributed by atoms with Crippen LogP contribution in [0.25, 0.3) is 0 Å². The number of rotatable bonds is 4. The molecule has 0 atom stereocenters. The van der Waals surface area contributed by atoms with Crippen molar-refractivity contribution in [3.8, 4) is 0 Å². The maximum atomic E-state index is 12.6. The van der Waals surface area contributed by atoms with Crippen molar-refractivity contribution in [1.82, 2.24) is 5.32 Å². The van der Waals surface area contributed by atoms with E-state index in [-0.39, 0.29) is 44.3 Å². The average Bonchev–Trinajstić information content (AvgIpc) is 3.02. The highest BCUT2D eigenvalue weighted by Gasteiger charge is 2.30. The van der Waals surface area contributed by atoms with Gasteiger partial charge in [0.25, 0.3) is 11.8 Å². The van der Waals surface area contributed by atoms with Crippen molar-refractivity contribution in [3.63, 3.8) is 0 Å². The second kappa shape index (κ2) is 9.06. The largest absolute Gasteiger partial charge is 0.321 e. The van der Waals surface area contributed by atoms with Crippen LogP contribution in [-0.4, -0.2) is 23.6 Å². The summed E-state index contributed by atoms with van der Waals surface area (Å²) in [4.78, 5) is 36.5. The molecule has 7 nitrogen and oxygen atoms in total. The fourth-order valence-electron chi connectivity index (χ4n) is 2.60. The molecule has 0 aliphatic carbocycles. The number of carbonyl (C=O) groups is 3. The second-order valence-electron chi connectivity index (χ2n) is 5.96. The highest BCUT2D eigenvalue weighted by Crippen LogP contribution is 2.38. The maximum absolute atomic E-state index is 12.6. The molecule has 2 N–H and O–H groups in total. The van der Waals surface area contributed by atoms with Gasteiger partial charge in [-0.2, -0.15) is 10.1 Å². The van der Waals surface area contributed by atoms with Crippen LogP contribution in [0, 0.1) is 0 Å². The van der Waals surface area contributed by atoms with Gasteiger partial charge < -0.3 is 10.6 Å². The van der Waals surface area contributed by atoms with E-state index >= 15 is 0 Å². The number of nitrogens with zero attached hydrogens (tertiary/aromatic N) is 2. The number of amides is 3. The van der Waals surface area contributed by atoms with Crippen LogP contribution in [0.15, 0.2) is 48.1 Å². The fraction of sp³-hybridized carbons (Fsp3) is 0.0526. The van der Waals surface area contributed by atoms with Crippen molar-refractivity contribution < 1.29 is 14.4 Å². The molecule has 11 heteroatoms. The zero-order valence-electron chi connectivity index (χ0n) is 15.0. The summed E-state index contributed by atoms with van der Waals surface area (Å²) >= 11 is 24.4. The Balaban J connectivity index is 1.84. The Kier molecular flexibility index (Phi) is 6.67. The molecule has 1 aliphatic heterocycles. The van der Waals surface area contributed by atoms with Gasteiger partial charge in [0, 0.05) is 5.02 Å². The summed E-state index contributed by atoms with van der Waals surface area (Å²) in [6.45, 7) is 3.36. The highest BCUT2D eigenvalue weighted by atomic mass is 35.5. The lowest BCUT2D eigenvalue weighted by atomic mass is 10.1. The van der Waals surface area contributed by atoms with Crippen molar-refractivity contribution in [2.24, 2.45) is 5.10 Å². The third kappa shape index (κ3) is 4.60. The molecule has 0 spiro atoms. The van der Waals surface area contributed by atoms with Crippen LogP contribution in [0.1, 0.15) is 16.8 Å². The average molecular weight is 486 g/mol. The zero-order valence-corrected chi connectivity index (χ0v) is 18.0. The Morgan fingerprint density at radius 1 is 1.10 bits per heavy atom. The highest BCUT2D eigenvalue weighted by molar-refractivity contribution is 6.43. The number of benzene rings is 2. The molecule has 0 radical (unpaired) electrons. The van der Waals surface area contributed by atoms with Gasteiger partial charge in [-0.05, 0) is 30.3 Å². The van der Waals surface area contributed by atoms with E-state index in [1.807, 2.05) is 0 Å². The molecule has 1 aliphatic rings. The normalized spacial score (nSPS) is 13.1. The number of hydrogen-bond acceptors (Lipinski definition) is 4. The third-order valence-corrected chi connectivity index (χ3v) is 5.12. The lowest BCUT2D eigenvalue weighted by Gasteiger charge is -2.15. The van der Waals surface area contributed by atoms with Crippen LogP contribution >= 0.6 is 46.4 Å². The molecule has 0 saturated carbocycles. The van der Waals surface area contributed by atoms with E-state index < -0.39 is 17.7 Å². The summed E-state index contributed by atoms with van der Waals surface area (Å²) < 4.78 is 0. The van der Waals surface area contributed by atoms with Crippen molar-refractivity contribution >= 4 is 81.3 Å². The molecule has 3 amide bonds. The van der Waals surface area contributed by atoms with Crippen LogP contribution in [0.5, 0.6) is 0 Å². The van der Waals surface area contributed by atoms with Gasteiger partial charge in [-0.15, -0.1) is 0 Å². The minimum Gasteiger partial charge on any atom is -0.321 e. The number of nitrogens with one attached hydrogen (secondary N) is 2. The summed E-state index contributed by atoms with van der Waals surface area (Å²) in [5.41, 5.74) is 0.471. The van der Waals surface area contributed by atoms with Crippen LogP contribution in [0.4, 0.5) is 11.4 Å². The molecule has 0 fully saturated rings. The number of amidine groups is 1. The monoisotopic (exact) mass is 484 g/mol. The smallest absolute Gasteiger partial charge is 0.258 e. The van der Waals surface area contributed by atoms with Crippen LogP contribution in [-0.2, 0) is 9.59 Å². The summed E-state index contributed by atoms with van der Waals surface area (Å²) in [6.07, 6.45) is 0.884. The Morgan fingerprint density at radius 3 is 2.40 bits per heavy atom. The molecule has 2 aromatic rings. The molecule has 0 unspecified atom stereocenters. The Morgan fingerprint density at radius 2 is 1.77 bits per heavy atom. The first-order valence-electron chi connectivity index (χ1n) is 8.29. The molecule has 1 heterocycles. The van der Waals surface area contributed by atoms with E-state index in [4.69, 9.17) is 46.4 Å². The number of halogens is 4. The quantitative estimate of drug-likeness (QED) is 0.603. The maximum Gasteiger partial charge on any atom is 0.258 e. The lowest BCUT2D eigenvalue weighted by Crippen LogP contribution is -2.30. The molecular formula is C19H12Cl4N4O3. The van der Waals surface area contributed by atoms with Crippen molar-refractivity contribution in [1.29, 1.82) is 0 Å². The van der Waals surface area contributed by atoms with E-state index in [2.05, 4.69) is 22.3 Å².